The first kappa shape index (κ1) is 57.4. The van der Waals surface area contributed by atoms with Crippen LogP contribution >= 0.6 is 31.3 Å². The summed E-state index contributed by atoms with van der Waals surface area (Å²) in [7, 11) is -19.5. The summed E-state index contributed by atoms with van der Waals surface area (Å²) in [5, 5.41) is 86.5. The number of aliphatic hydroxyl groups excluding tert-OH is 10. The molecule has 1 unspecified atom stereocenters. The number of Topliss-reactive ketones (excluding diaryl/α,β-unsaturated/α-hetero) is 2. The van der Waals surface area contributed by atoms with E-state index in [4.69, 9.17) is 90.2 Å². The third kappa shape index (κ3) is 35.7. The number of ketones is 2. The van der Waals surface area contributed by atoms with Gasteiger partial charge in [-0.2, -0.15) is 0 Å². The van der Waals surface area contributed by atoms with E-state index in [0.717, 1.165) is 0 Å². The molecule has 0 saturated carbocycles. The van der Waals surface area contributed by atoms with Gasteiger partial charge in [-0.3, -0.25) is 27.7 Å². The maximum absolute atomic E-state index is 10.7. The zero-order valence-corrected chi connectivity index (χ0v) is 29.3. The highest BCUT2D eigenvalue weighted by atomic mass is 31.2. The van der Waals surface area contributed by atoms with Crippen LogP contribution in [0.1, 0.15) is 0 Å². The van der Waals surface area contributed by atoms with Crippen molar-refractivity contribution >= 4 is 55.4 Å². The lowest BCUT2D eigenvalue weighted by molar-refractivity contribution is -0.142. The molecule has 0 aromatic heterocycles. The Hall–Kier alpha value is -1.28. The molecule has 52 heavy (non-hydrogen) atoms. The van der Waals surface area contributed by atoms with E-state index < -0.39 is 131 Å². The van der Waals surface area contributed by atoms with E-state index >= 15 is 0 Å². The molecule has 0 saturated heterocycles. The predicted molar refractivity (Wildman–Crippen MR) is 156 cm³/mol. The number of carbonyl (C=O) groups excluding carboxylic acids is 4. The number of phosphoric ester groups is 4. The summed E-state index contributed by atoms with van der Waals surface area (Å²) in [5.74, 6) is -2.20. The second-order valence-corrected chi connectivity index (χ2v) is 13.7. The van der Waals surface area contributed by atoms with Crippen molar-refractivity contribution in [2.75, 3.05) is 39.6 Å². The highest BCUT2D eigenvalue weighted by molar-refractivity contribution is 7.47. The van der Waals surface area contributed by atoms with Crippen molar-refractivity contribution in [2.24, 2.45) is 0 Å². The lowest BCUT2D eigenvalue weighted by Gasteiger charge is -2.21. The van der Waals surface area contributed by atoms with Gasteiger partial charge in [0.1, 0.15) is 62.0 Å². The zero-order chi connectivity index (χ0) is 42.3. The normalized spacial score (nSPS) is 16.7. The monoisotopic (exact) mass is 860 g/mol. The Kier molecular flexibility index (Phi) is 31.1. The molecule has 0 fully saturated rings. The summed E-state index contributed by atoms with van der Waals surface area (Å²) in [4.78, 5) is 107. The van der Waals surface area contributed by atoms with E-state index in [1.165, 1.54) is 0 Å². The van der Waals surface area contributed by atoms with Crippen LogP contribution in [0.25, 0.3) is 0 Å². The third-order valence-electron chi connectivity index (χ3n) is 4.42. The second kappa shape index (κ2) is 28.2. The highest BCUT2D eigenvalue weighted by Crippen LogP contribution is 2.41. The van der Waals surface area contributed by atoms with Crippen LogP contribution < -0.4 is 0 Å². The van der Waals surface area contributed by atoms with E-state index in [1.807, 2.05) is 0 Å². The van der Waals surface area contributed by atoms with Crippen LogP contribution in [0.2, 0.25) is 0 Å². The van der Waals surface area contributed by atoms with Gasteiger partial charge in [0, 0.05) is 0 Å². The number of aliphatic hydroxyl groups is 10. The third-order valence-corrected chi connectivity index (χ3v) is 6.43. The van der Waals surface area contributed by atoms with E-state index in [-0.39, 0.29) is 12.6 Å². The number of aldehydes is 2. The van der Waals surface area contributed by atoms with E-state index in [1.54, 1.807) is 0 Å². The van der Waals surface area contributed by atoms with Crippen LogP contribution in [-0.2, 0) is 55.5 Å². The average Bonchev–Trinajstić information content (AvgIpc) is 3.04. The number of hydrogen-bond donors (Lipinski definition) is 18. The molecule has 0 aromatic rings. The van der Waals surface area contributed by atoms with Gasteiger partial charge in [0.2, 0.25) is 0 Å². The summed E-state index contributed by atoms with van der Waals surface area (Å²) in [6, 6.07) is 0. The van der Waals surface area contributed by atoms with Crippen LogP contribution in [0.4, 0.5) is 0 Å². The van der Waals surface area contributed by atoms with Crippen molar-refractivity contribution in [2.45, 2.75) is 48.8 Å². The van der Waals surface area contributed by atoms with Crippen LogP contribution in [0, 0.1) is 0 Å². The van der Waals surface area contributed by atoms with Gasteiger partial charge < -0.3 is 99.8 Å². The molecule has 312 valence electrons. The largest absolute Gasteiger partial charge is 0.470 e. The number of rotatable bonds is 22. The second-order valence-electron chi connectivity index (χ2n) is 8.77. The Balaban J connectivity index is -0.000000308. The van der Waals surface area contributed by atoms with Crippen LogP contribution in [0.5, 0.6) is 0 Å². The minimum atomic E-state index is -5.02. The number of carbonyl (C=O) groups is 4. The van der Waals surface area contributed by atoms with Gasteiger partial charge in [0.25, 0.3) is 0 Å². The first-order valence-corrected chi connectivity index (χ1v) is 18.8. The first-order chi connectivity index (χ1) is 23.3. The first-order valence-electron chi connectivity index (χ1n) is 12.7. The Bertz CT molecular complexity index is 1210. The van der Waals surface area contributed by atoms with Crippen molar-refractivity contribution < 1.29 is 146 Å². The zero-order valence-electron chi connectivity index (χ0n) is 25.8. The Morgan fingerprint density at radius 1 is 0.538 bits per heavy atom. The summed E-state index contributed by atoms with van der Waals surface area (Å²) in [5.41, 5.74) is 0. The molecule has 0 rings (SSSR count). The Morgan fingerprint density at radius 2 is 0.904 bits per heavy atom. The molecule has 0 aromatic carbocycles. The van der Waals surface area contributed by atoms with Gasteiger partial charge in [-0.15, -0.1) is 0 Å². The molecule has 0 aliphatic carbocycles. The average molecular weight is 860 g/mol. The van der Waals surface area contributed by atoms with Gasteiger partial charge in [-0.25, -0.2) is 18.3 Å². The minimum absolute atomic E-state index is 0.122. The lowest BCUT2D eigenvalue weighted by Crippen LogP contribution is -2.45. The van der Waals surface area contributed by atoms with Crippen LogP contribution in [0.3, 0.4) is 0 Å². The molecule has 0 bridgehead atoms. The van der Waals surface area contributed by atoms with Gasteiger partial charge in [0.05, 0.1) is 26.4 Å². The van der Waals surface area contributed by atoms with Gasteiger partial charge >= 0.3 is 31.3 Å². The molecule has 0 aliphatic heterocycles. The Labute approximate surface area is 290 Å². The van der Waals surface area contributed by atoms with Crippen molar-refractivity contribution in [1.82, 2.24) is 0 Å². The van der Waals surface area contributed by atoms with Gasteiger partial charge in [-0.1, -0.05) is 0 Å². The maximum atomic E-state index is 10.7. The number of phosphoric acid groups is 4. The molecule has 0 radical (unpaired) electrons. The fourth-order valence-electron chi connectivity index (χ4n) is 2.01. The quantitative estimate of drug-likeness (QED) is 0.0355. The maximum Gasteiger partial charge on any atom is 0.470 e. The van der Waals surface area contributed by atoms with Crippen molar-refractivity contribution in [1.29, 1.82) is 0 Å². The van der Waals surface area contributed by atoms with E-state index in [9.17, 15) is 37.4 Å². The van der Waals surface area contributed by atoms with E-state index in [2.05, 4.69) is 18.1 Å². The molecule has 0 aliphatic rings. The summed E-state index contributed by atoms with van der Waals surface area (Å²) >= 11 is 0. The lowest BCUT2D eigenvalue weighted by atomic mass is 10.1. The van der Waals surface area contributed by atoms with Crippen LogP contribution in [0.15, 0.2) is 0 Å². The standard InChI is InChI=1S/C6H13O9P.C5H11O8P.C4H10O10P2.C3H6O3/c7-1-3(8)5(10)6(11)4(9)2-15-16(12,13)14;6-1-3(7)5(9)4(8)2-13-14(10,11)12;5-1-3(6)4(14-16(10,11)12)2-13-15(7,8)9;4-1-3(6)2-5/h4-7,9-11H,1-2H2,(H2,12,13,14);4-6,8-9H,1-2H2,(H2,10,11,12);1,3-4,6H,2H2,(H2,7,8,9)(H2,10,11,12);1,3,5-6H,2H2/t4-,5-,6-;4-,5-;3-,4+;/m110./s1. The molecule has 18 N–H and O–H groups in total. The van der Waals surface area contributed by atoms with Crippen molar-refractivity contribution in [3.63, 3.8) is 0 Å². The molecule has 0 spiro atoms. The minimum Gasteiger partial charge on any atom is -0.393 e. The molecular weight excluding hydrogens is 820 g/mol. The van der Waals surface area contributed by atoms with Crippen molar-refractivity contribution in [3.05, 3.63) is 0 Å². The Morgan fingerprint density at radius 3 is 1.19 bits per heavy atom. The van der Waals surface area contributed by atoms with E-state index in [0.29, 0.717) is 0 Å². The molecule has 34 heteroatoms. The topological polar surface area (TPSA) is 538 Å². The molecule has 8 atom stereocenters. The molecule has 30 nitrogen and oxygen atoms in total. The van der Waals surface area contributed by atoms with Crippen molar-refractivity contribution in [3.8, 4) is 0 Å². The summed E-state index contributed by atoms with van der Waals surface area (Å²) in [6.45, 7) is -5.43. The highest BCUT2D eigenvalue weighted by Gasteiger charge is 2.32. The van der Waals surface area contributed by atoms with Gasteiger partial charge in [-0.05, 0) is 0 Å². The fraction of sp³-hybridized carbons (Fsp3) is 0.778. The number of hydrogen-bond acceptors (Lipinski definition) is 22. The molecular formula is C18H40O30P4. The molecule has 0 amide bonds. The smallest absolute Gasteiger partial charge is 0.393 e. The summed E-state index contributed by atoms with van der Waals surface area (Å²) < 4.78 is 56.4. The summed E-state index contributed by atoms with van der Waals surface area (Å²) in [6.07, 6.45) is -14.6. The predicted octanol–water partition coefficient (Wildman–Crippen LogP) is -9.21. The molecule has 0 heterocycles. The van der Waals surface area contributed by atoms with Gasteiger partial charge in [0.15, 0.2) is 24.1 Å². The van der Waals surface area contributed by atoms with Crippen LogP contribution in [-0.4, -0.2) is 203 Å². The SMILES string of the molecule is O=C(CO)[C@@H](O)[C@H](O)COP(=O)(O)O.O=C(CO)[C@@H](O)[C@H](O)[C@H](O)COP(=O)(O)O.O=CC(O)CO.O=C[C@H](O)[C@@H](COP(=O)(O)O)OP(=O)(O)O. The fourth-order valence-corrected chi connectivity index (χ4v) is 3.58.